The molecule has 1 aliphatic heterocycles. The maximum absolute atomic E-state index is 10.4. The lowest BCUT2D eigenvalue weighted by molar-refractivity contribution is -0.137. The fourth-order valence-electron chi connectivity index (χ4n) is 2.65. The van der Waals surface area contributed by atoms with Crippen LogP contribution in [-0.4, -0.2) is 34.5 Å². The number of epoxide rings is 1. The van der Waals surface area contributed by atoms with Crippen molar-refractivity contribution in [1.82, 2.24) is 0 Å². The van der Waals surface area contributed by atoms with Gasteiger partial charge in [0.05, 0.1) is 18.3 Å². The standard InChI is InChI=1S/C22H34O4/c1-2-20-21(26-20)17-14-13-16-19(23)15-11-9-7-5-3-4-6-8-10-12-18-22(24)25/h3-4,7,9,11,13-15,19-21,23H,2,5-6,8,10,12,16-18H2,1H3,(H,24,25). The minimum Gasteiger partial charge on any atom is -0.481 e. The number of carboxylic acids is 1. The Balaban J connectivity index is 1.96. The third-order valence-electron chi connectivity index (χ3n) is 4.28. The van der Waals surface area contributed by atoms with Gasteiger partial charge in [-0.05, 0) is 44.9 Å². The van der Waals surface area contributed by atoms with Crippen molar-refractivity contribution in [2.45, 2.75) is 83.0 Å². The molecule has 1 rings (SSSR count). The average Bonchev–Trinajstić information content (AvgIpc) is 3.38. The summed E-state index contributed by atoms with van der Waals surface area (Å²) < 4.78 is 5.46. The van der Waals surface area contributed by atoms with Crippen molar-refractivity contribution in [3.8, 4) is 0 Å². The maximum atomic E-state index is 10.4. The van der Waals surface area contributed by atoms with Crippen molar-refractivity contribution in [1.29, 1.82) is 0 Å². The van der Waals surface area contributed by atoms with Crippen LogP contribution in [0.25, 0.3) is 0 Å². The Morgan fingerprint density at radius 1 is 1.04 bits per heavy atom. The molecule has 0 aromatic heterocycles. The van der Waals surface area contributed by atoms with E-state index in [1.165, 1.54) is 0 Å². The smallest absolute Gasteiger partial charge is 0.303 e. The van der Waals surface area contributed by atoms with Crippen molar-refractivity contribution in [3.63, 3.8) is 0 Å². The number of aliphatic hydroxyl groups is 1. The second-order valence-electron chi connectivity index (χ2n) is 6.64. The molecular formula is C22H34O4. The van der Waals surface area contributed by atoms with Crippen molar-refractivity contribution in [3.05, 3.63) is 48.6 Å². The van der Waals surface area contributed by atoms with E-state index in [4.69, 9.17) is 9.84 Å². The van der Waals surface area contributed by atoms with E-state index in [9.17, 15) is 9.90 Å². The molecule has 2 N–H and O–H groups in total. The van der Waals surface area contributed by atoms with Gasteiger partial charge in [0.2, 0.25) is 0 Å². The summed E-state index contributed by atoms with van der Waals surface area (Å²) in [5.41, 5.74) is 0. The van der Waals surface area contributed by atoms with Crippen LogP contribution in [0.15, 0.2) is 48.6 Å². The molecule has 0 amide bonds. The summed E-state index contributed by atoms with van der Waals surface area (Å²) in [5, 5.41) is 18.4. The highest BCUT2D eigenvalue weighted by atomic mass is 16.6. The summed E-state index contributed by atoms with van der Waals surface area (Å²) >= 11 is 0. The van der Waals surface area contributed by atoms with E-state index < -0.39 is 12.1 Å². The summed E-state index contributed by atoms with van der Waals surface area (Å²) in [7, 11) is 0. The normalized spacial score (nSPS) is 21.5. The zero-order valence-electron chi connectivity index (χ0n) is 15.9. The Labute approximate surface area is 158 Å². The molecular weight excluding hydrogens is 328 g/mol. The Morgan fingerprint density at radius 3 is 2.62 bits per heavy atom. The third-order valence-corrected chi connectivity index (χ3v) is 4.28. The van der Waals surface area contributed by atoms with Crippen LogP contribution < -0.4 is 0 Å². The van der Waals surface area contributed by atoms with Crippen molar-refractivity contribution in [2.24, 2.45) is 0 Å². The number of rotatable bonds is 15. The SMILES string of the molecule is CCC1OC1CC=CCC(O)C=CC=CCC=CCCCCCC(=O)O. The Kier molecular flexibility index (Phi) is 12.5. The molecule has 26 heavy (non-hydrogen) atoms. The summed E-state index contributed by atoms with van der Waals surface area (Å²) in [6, 6.07) is 0. The van der Waals surface area contributed by atoms with Gasteiger partial charge in [-0.25, -0.2) is 0 Å². The number of aliphatic hydroxyl groups excluding tert-OH is 1. The number of allylic oxidation sites excluding steroid dienone is 5. The number of carboxylic acid groups (broad SMARTS) is 1. The molecule has 0 aliphatic carbocycles. The number of hydrogen-bond acceptors (Lipinski definition) is 3. The van der Waals surface area contributed by atoms with Crippen LogP contribution in [0.1, 0.15) is 64.7 Å². The van der Waals surface area contributed by atoms with Crippen molar-refractivity contribution in [2.75, 3.05) is 0 Å². The second kappa shape index (κ2) is 14.5. The van der Waals surface area contributed by atoms with Crippen molar-refractivity contribution < 1.29 is 19.7 Å². The molecule has 3 atom stereocenters. The first-order chi connectivity index (χ1) is 12.6. The molecule has 146 valence electrons. The van der Waals surface area contributed by atoms with E-state index in [0.29, 0.717) is 18.6 Å². The molecule has 0 bridgehead atoms. The van der Waals surface area contributed by atoms with Gasteiger partial charge in [0.25, 0.3) is 0 Å². The quantitative estimate of drug-likeness (QED) is 0.187. The van der Waals surface area contributed by atoms with Gasteiger partial charge >= 0.3 is 5.97 Å². The summed E-state index contributed by atoms with van der Waals surface area (Å²) in [6.07, 6.45) is 24.0. The Hall–Kier alpha value is -1.65. The minimum atomic E-state index is -0.710. The molecule has 0 spiro atoms. The second-order valence-corrected chi connectivity index (χ2v) is 6.64. The van der Waals surface area contributed by atoms with Crippen LogP contribution in [0.5, 0.6) is 0 Å². The molecule has 4 nitrogen and oxygen atoms in total. The maximum Gasteiger partial charge on any atom is 0.303 e. The van der Waals surface area contributed by atoms with Gasteiger partial charge in [-0.1, -0.05) is 62.0 Å². The molecule has 0 aromatic carbocycles. The van der Waals surface area contributed by atoms with E-state index >= 15 is 0 Å². The van der Waals surface area contributed by atoms with Crippen LogP contribution in [0.2, 0.25) is 0 Å². The van der Waals surface area contributed by atoms with E-state index in [0.717, 1.165) is 44.9 Å². The van der Waals surface area contributed by atoms with Crippen molar-refractivity contribution >= 4 is 5.97 Å². The molecule has 4 heteroatoms. The van der Waals surface area contributed by atoms with E-state index in [2.05, 4.69) is 31.2 Å². The van der Waals surface area contributed by atoms with Gasteiger partial charge in [0, 0.05) is 6.42 Å². The van der Waals surface area contributed by atoms with Crippen LogP contribution >= 0.6 is 0 Å². The molecule has 0 saturated carbocycles. The predicted octanol–water partition coefficient (Wildman–Crippen LogP) is 4.95. The summed E-state index contributed by atoms with van der Waals surface area (Å²) in [5.74, 6) is -0.710. The van der Waals surface area contributed by atoms with Gasteiger partial charge in [0.15, 0.2) is 0 Å². The Bertz CT molecular complexity index is 490. The molecule has 0 aromatic rings. The topological polar surface area (TPSA) is 70.1 Å². The lowest BCUT2D eigenvalue weighted by Gasteiger charge is -1.99. The van der Waals surface area contributed by atoms with Gasteiger partial charge in [-0.15, -0.1) is 0 Å². The molecule has 1 fully saturated rings. The molecule has 3 unspecified atom stereocenters. The number of ether oxygens (including phenoxy) is 1. The zero-order chi connectivity index (χ0) is 19.0. The van der Waals surface area contributed by atoms with Crippen LogP contribution in [0, 0.1) is 0 Å². The largest absolute Gasteiger partial charge is 0.481 e. The highest BCUT2D eigenvalue weighted by molar-refractivity contribution is 5.66. The van der Waals surface area contributed by atoms with E-state index in [-0.39, 0.29) is 6.42 Å². The predicted molar refractivity (Wildman–Crippen MR) is 106 cm³/mol. The zero-order valence-corrected chi connectivity index (χ0v) is 15.9. The minimum absolute atomic E-state index is 0.273. The van der Waals surface area contributed by atoms with Gasteiger partial charge < -0.3 is 14.9 Å². The van der Waals surface area contributed by atoms with E-state index in [1.54, 1.807) is 6.08 Å². The Morgan fingerprint density at radius 2 is 1.88 bits per heavy atom. The number of aliphatic carboxylic acids is 1. The van der Waals surface area contributed by atoms with Crippen LogP contribution in [0.4, 0.5) is 0 Å². The number of carbonyl (C=O) groups is 1. The molecule has 0 radical (unpaired) electrons. The molecule has 1 heterocycles. The van der Waals surface area contributed by atoms with Gasteiger partial charge in [-0.3, -0.25) is 4.79 Å². The molecule has 1 saturated heterocycles. The fraction of sp³-hybridized carbons (Fsp3) is 0.591. The highest BCUT2D eigenvalue weighted by Gasteiger charge is 2.35. The number of unbranched alkanes of at least 4 members (excludes halogenated alkanes) is 3. The summed E-state index contributed by atoms with van der Waals surface area (Å²) in [6.45, 7) is 2.14. The molecule has 1 aliphatic rings. The van der Waals surface area contributed by atoms with Gasteiger partial charge in [-0.2, -0.15) is 0 Å². The monoisotopic (exact) mass is 362 g/mol. The first-order valence-electron chi connectivity index (χ1n) is 9.82. The lowest BCUT2D eigenvalue weighted by atomic mass is 10.1. The third kappa shape index (κ3) is 12.7. The average molecular weight is 363 g/mol. The first-order valence-corrected chi connectivity index (χ1v) is 9.82. The van der Waals surface area contributed by atoms with Crippen LogP contribution in [-0.2, 0) is 9.53 Å². The van der Waals surface area contributed by atoms with Gasteiger partial charge in [0.1, 0.15) is 0 Å². The first kappa shape index (κ1) is 22.4. The summed E-state index contributed by atoms with van der Waals surface area (Å²) in [4.78, 5) is 10.4. The lowest BCUT2D eigenvalue weighted by Crippen LogP contribution is -1.99. The van der Waals surface area contributed by atoms with E-state index in [1.807, 2.05) is 18.2 Å². The fourth-order valence-corrected chi connectivity index (χ4v) is 2.65. The number of hydrogen-bond donors (Lipinski definition) is 2. The van der Waals surface area contributed by atoms with Crippen LogP contribution in [0.3, 0.4) is 0 Å². The highest BCUT2D eigenvalue weighted by Crippen LogP contribution is 2.28.